The molecule has 0 aliphatic carbocycles. The quantitative estimate of drug-likeness (QED) is 0.749. The normalized spacial score (nSPS) is 10.8. The molecule has 2 heterocycles. The van der Waals surface area contributed by atoms with Crippen LogP contribution in [0, 0.1) is 6.92 Å². The highest BCUT2D eigenvalue weighted by Gasteiger charge is 2.03. The fourth-order valence-corrected chi connectivity index (χ4v) is 1.18. The third-order valence-electron chi connectivity index (χ3n) is 1.94. The van der Waals surface area contributed by atoms with Gasteiger partial charge < -0.3 is 9.84 Å². The second-order valence-electron chi connectivity index (χ2n) is 3.13. The van der Waals surface area contributed by atoms with E-state index in [0.29, 0.717) is 24.8 Å². The lowest BCUT2D eigenvalue weighted by Crippen LogP contribution is -2.16. The monoisotopic (exact) mass is 208 g/mol. The lowest BCUT2D eigenvalue weighted by atomic mass is 10.5. The standard InChI is InChI=1S/C8H12N6O/c1-6-12-7(13-15-6)3-9-4-8-10-5-11-14(8)2/h5,9H,3-4H2,1-2H3. The van der Waals surface area contributed by atoms with Crippen molar-refractivity contribution in [2.45, 2.75) is 20.0 Å². The van der Waals surface area contributed by atoms with E-state index in [0.717, 1.165) is 5.82 Å². The molecule has 0 bridgehead atoms. The third kappa shape index (κ3) is 2.38. The number of nitrogens with one attached hydrogen (secondary N) is 1. The zero-order chi connectivity index (χ0) is 10.7. The average molecular weight is 208 g/mol. The van der Waals surface area contributed by atoms with Crippen molar-refractivity contribution in [1.29, 1.82) is 0 Å². The lowest BCUT2D eigenvalue weighted by Gasteiger charge is -2.00. The highest BCUT2D eigenvalue weighted by atomic mass is 16.5. The molecule has 0 aliphatic rings. The maximum Gasteiger partial charge on any atom is 0.223 e. The molecule has 80 valence electrons. The van der Waals surface area contributed by atoms with Crippen LogP contribution in [-0.4, -0.2) is 24.9 Å². The molecule has 0 spiro atoms. The summed E-state index contributed by atoms with van der Waals surface area (Å²) in [5.74, 6) is 2.09. The summed E-state index contributed by atoms with van der Waals surface area (Å²) in [6, 6.07) is 0. The van der Waals surface area contributed by atoms with Gasteiger partial charge in [-0.3, -0.25) is 4.68 Å². The Kier molecular flexibility index (Phi) is 2.72. The molecule has 0 saturated carbocycles. The van der Waals surface area contributed by atoms with Crippen molar-refractivity contribution in [2.24, 2.45) is 7.05 Å². The van der Waals surface area contributed by atoms with Crippen LogP contribution in [0.15, 0.2) is 10.9 Å². The van der Waals surface area contributed by atoms with Crippen LogP contribution in [0.3, 0.4) is 0 Å². The maximum atomic E-state index is 4.84. The van der Waals surface area contributed by atoms with Crippen LogP contribution < -0.4 is 5.32 Å². The fraction of sp³-hybridized carbons (Fsp3) is 0.500. The molecule has 2 aromatic rings. The second-order valence-corrected chi connectivity index (χ2v) is 3.13. The summed E-state index contributed by atoms with van der Waals surface area (Å²) >= 11 is 0. The number of hydrogen-bond donors (Lipinski definition) is 1. The summed E-state index contributed by atoms with van der Waals surface area (Å²) in [4.78, 5) is 8.15. The first-order valence-electron chi connectivity index (χ1n) is 4.58. The molecule has 0 aliphatic heterocycles. The van der Waals surface area contributed by atoms with Crippen LogP contribution in [0.5, 0.6) is 0 Å². The van der Waals surface area contributed by atoms with Gasteiger partial charge in [-0.15, -0.1) is 0 Å². The summed E-state index contributed by atoms with van der Waals surface area (Å²) in [7, 11) is 1.85. The van der Waals surface area contributed by atoms with Crippen LogP contribution >= 0.6 is 0 Å². The summed E-state index contributed by atoms with van der Waals surface area (Å²) in [6.07, 6.45) is 1.52. The Balaban J connectivity index is 1.83. The molecule has 0 amide bonds. The molecular formula is C8H12N6O. The number of aromatic nitrogens is 5. The van der Waals surface area contributed by atoms with E-state index in [1.807, 2.05) is 7.05 Å². The van der Waals surface area contributed by atoms with Gasteiger partial charge in [-0.1, -0.05) is 5.16 Å². The molecule has 1 N–H and O–H groups in total. The van der Waals surface area contributed by atoms with Gasteiger partial charge in [-0.05, 0) is 0 Å². The number of hydrogen-bond acceptors (Lipinski definition) is 6. The van der Waals surface area contributed by atoms with Crippen LogP contribution in [-0.2, 0) is 20.1 Å². The molecule has 0 atom stereocenters. The first-order chi connectivity index (χ1) is 7.25. The minimum Gasteiger partial charge on any atom is -0.340 e. The Morgan fingerprint density at radius 2 is 2.33 bits per heavy atom. The van der Waals surface area contributed by atoms with Gasteiger partial charge in [0.1, 0.15) is 12.2 Å². The molecular weight excluding hydrogens is 196 g/mol. The number of rotatable bonds is 4. The molecule has 7 nitrogen and oxygen atoms in total. The molecule has 15 heavy (non-hydrogen) atoms. The molecule has 2 rings (SSSR count). The van der Waals surface area contributed by atoms with Crippen molar-refractivity contribution in [1.82, 2.24) is 30.2 Å². The average Bonchev–Trinajstić information content (AvgIpc) is 2.77. The molecule has 0 aromatic carbocycles. The summed E-state index contributed by atoms with van der Waals surface area (Å²) < 4.78 is 6.56. The summed E-state index contributed by atoms with van der Waals surface area (Å²) in [5.41, 5.74) is 0. The third-order valence-corrected chi connectivity index (χ3v) is 1.94. The van der Waals surface area contributed by atoms with Crippen molar-refractivity contribution < 1.29 is 4.52 Å². The molecule has 0 radical (unpaired) electrons. The van der Waals surface area contributed by atoms with Gasteiger partial charge in [0, 0.05) is 14.0 Å². The highest BCUT2D eigenvalue weighted by molar-refractivity contribution is 4.86. The van der Waals surface area contributed by atoms with E-state index in [1.165, 1.54) is 6.33 Å². The van der Waals surface area contributed by atoms with E-state index in [2.05, 4.69) is 25.5 Å². The predicted molar refractivity (Wildman–Crippen MR) is 50.6 cm³/mol. The smallest absolute Gasteiger partial charge is 0.223 e. The van der Waals surface area contributed by atoms with Crippen molar-refractivity contribution >= 4 is 0 Å². The van der Waals surface area contributed by atoms with Crippen molar-refractivity contribution in [3.8, 4) is 0 Å². The van der Waals surface area contributed by atoms with Crippen LogP contribution in [0.2, 0.25) is 0 Å². The van der Waals surface area contributed by atoms with Crippen LogP contribution in [0.25, 0.3) is 0 Å². The number of nitrogens with zero attached hydrogens (tertiary/aromatic N) is 5. The van der Waals surface area contributed by atoms with Crippen molar-refractivity contribution in [2.75, 3.05) is 0 Å². The first-order valence-corrected chi connectivity index (χ1v) is 4.58. The molecule has 0 saturated heterocycles. The topological polar surface area (TPSA) is 81.7 Å². The van der Waals surface area contributed by atoms with Gasteiger partial charge >= 0.3 is 0 Å². The van der Waals surface area contributed by atoms with E-state index in [4.69, 9.17) is 4.52 Å². The Hall–Kier alpha value is -1.76. The van der Waals surface area contributed by atoms with E-state index in [9.17, 15) is 0 Å². The Labute approximate surface area is 86.5 Å². The molecule has 0 fully saturated rings. The Morgan fingerprint density at radius 1 is 1.47 bits per heavy atom. The van der Waals surface area contributed by atoms with Gasteiger partial charge in [0.2, 0.25) is 5.89 Å². The predicted octanol–water partition coefficient (Wildman–Crippen LogP) is -0.204. The van der Waals surface area contributed by atoms with E-state index >= 15 is 0 Å². The minimum absolute atomic E-state index is 0.560. The van der Waals surface area contributed by atoms with E-state index < -0.39 is 0 Å². The SMILES string of the molecule is Cc1nc(CNCc2ncnn2C)no1. The molecule has 0 unspecified atom stereocenters. The van der Waals surface area contributed by atoms with Gasteiger partial charge in [0.05, 0.1) is 13.1 Å². The van der Waals surface area contributed by atoms with Crippen molar-refractivity contribution in [3.05, 3.63) is 23.9 Å². The van der Waals surface area contributed by atoms with E-state index in [-0.39, 0.29) is 0 Å². The van der Waals surface area contributed by atoms with Crippen LogP contribution in [0.1, 0.15) is 17.5 Å². The van der Waals surface area contributed by atoms with Gasteiger partial charge in [-0.25, -0.2) is 4.98 Å². The summed E-state index contributed by atoms with van der Waals surface area (Å²) in [6.45, 7) is 2.95. The zero-order valence-corrected chi connectivity index (χ0v) is 8.64. The molecule has 7 heteroatoms. The largest absolute Gasteiger partial charge is 0.340 e. The number of aryl methyl sites for hydroxylation is 2. The van der Waals surface area contributed by atoms with Gasteiger partial charge in [-0.2, -0.15) is 10.1 Å². The highest BCUT2D eigenvalue weighted by Crippen LogP contribution is 1.95. The summed E-state index contributed by atoms with van der Waals surface area (Å²) in [5, 5.41) is 10.9. The van der Waals surface area contributed by atoms with Crippen LogP contribution in [0.4, 0.5) is 0 Å². The second kappa shape index (κ2) is 4.18. The first kappa shape index (κ1) is 9.78. The minimum atomic E-state index is 0.560. The Bertz CT molecular complexity index is 434. The lowest BCUT2D eigenvalue weighted by molar-refractivity contribution is 0.385. The molecule has 2 aromatic heterocycles. The zero-order valence-electron chi connectivity index (χ0n) is 8.64. The Morgan fingerprint density at radius 3 is 2.93 bits per heavy atom. The fourth-order valence-electron chi connectivity index (χ4n) is 1.18. The van der Waals surface area contributed by atoms with Crippen molar-refractivity contribution in [3.63, 3.8) is 0 Å². The van der Waals surface area contributed by atoms with Gasteiger partial charge in [0.15, 0.2) is 5.82 Å². The van der Waals surface area contributed by atoms with Gasteiger partial charge in [0.25, 0.3) is 0 Å². The maximum absolute atomic E-state index is 4.84. The van der Waals surface area contributed by atoms with E-state index in [1.54, 1.807) is 11.6 Å².